The van der Waals surface area contributed by atoms with Crippen molar-refractivity contribution < 1.29 is 9.53 Å². The minimum absolute atomic E-state index is 0.143. The summed E-state index contributed by atoms with van der Waals surface area (Å²) < 4.78 is 5.19. The first-order valence-electron chi connectivity index (χ1n) is 10.1. The van der Waals surface area contributed by atoms with Crippen LogP contribution in [0.4, 0.5) is 10.5 Å². The predicted octanol–water partition coefficient (Wildman–Crippen LogP) is 5.88. The third-order valence-electron chi connectivity index (χ3n) is 4.92. The summed E-state index contributed by atoms with van der Waals surface area (Å²) in [5.41, 5.74) is 3.12. The molecular weight excluding hydrogens is 370 g/mol. The number of carbonyl (C=O) groups excluding carboxylic acids is 1. The molecule has 3 rings (SSSR count). The number of benzene rings is 1. The molecule has 152 valence electrons. The molecule has 6 heteroatoms. The third kappa shape index (κ3) is 5.55. The third-order valence-corrected chi connectivity index (χ3v) is 6.12. The van der Waals surface area contributed by atoms with Gasteiger partial charge in [-0.1, -0.05) is 25.3 Å². The number of ether oxygens (including phenoxy) is 1. The van der Waals surface area contributed by atoms with Crippen LogP contribution in [0.25, 0.3) is 10.4 Å². The van der Waals surface area contributed by atoms with Gasteiger partial charge in [0.15, 0.2) is 0 Å². The highest BCUT2D eigenvalue weighted by molar-refractivity contribution is 7.15. The molecule has 28 heavy (non-hydrogen) atoms. The summed E-state index contributed by atoms with van der Waals surface area (Å²) >= 11 is 1.82. The zero-order valence-corrected chi connectivity index (χ0v) is 18.1. The van der Waals surface area contributed by atoms with Crippen LogP contribution in [0, 0.1) is 0 Å². The van der Waals surface area contributed by atoms with Gasteiger partial charge in [-0.15, -0.1) is 11.3 Å². The summed E-state index contributed by atoms with van der Waals surface area (Å²) in [6.45, 7) is 4.47. The molecule has 0 atom stereocenters. The van der Waals surface area contributed by atoms with Gasteiger partial charge in [-0.05, 0) is 64.0 Å². The van der Waals surface area contributed by atoms with Gasteiger partial charge < -0.3 is 9.64 Å². The van der Waals surface area contributed by atoms with E-state index in [-0.39, 0.29) is 6.10 Å². The fourth-order valence-corrected chi connectivity index (χ4v) is 4.84. The Hall–Kier alpha value is -1.92. The zero-order chi connectivity index (χ0) is 20.1. The van der Waals surface area contributed by atoms with Crippen LogP contribution in [0.1, 0.15) is 62.4 Å². The maximum Gasteiger partial charge on any atom is 0.411 e. The van der Waals surface area contributed by atoms with Gasteiger partial charge in [-0.3, -0.25) is 5.32 Å². The molecule has 1 aromatic heterocycles. The fourth-order valence-electron chi connectivity index (χ4n) is 3.70. The molecule has 0 radical (unpaired) electrons. The van der Waals surface area contributed by atoms with E-state index in [0.717, 1.165) is 12.2 Å². The monoisotopic (exact) mass is 401 g/mol. The molecule has 0 bridgehead atoms. The smallest absolute Gasteiger partial charge is 0.411 e. The van der Waals surface area contributed by atoms with E-state index in [0.29, 0.717) is 5.92 Å². The number of thiazole rings is 1. The van der Waals surface area contributed by atoms with Gasteiger partial charge in [0.25, 0.3) is 0 Å². The molecule has 1 saturated carbocycles. The molecule has 2 aromatic rings. The molecule has 1 aliphatic carbocycles. The predicted molar refractivity (Wildman–Crippen MR) is 116 cm³/mol. The average Bonchev–Trinajstić information content (AvgIpc) is 3.11. The van der Waals surface area contributed by atoms with E-state index in [1.807, 2.05) is 43.5 Å². The van der Waals surface area contributed by atoms with Crippen LogP contribution in [0.3, 0.4) is 0 Å². The summed E-state index contributed by atoms with van der Waals surface area (Å²) in [4.78, 5) is 20.0. The van der Waals surface area contributed by atoms with E-state index < -0.39 is 6.09 Å². The maximum absolute atomic E-state index is 11.9. The lowest BCUT2D eigenvalue weighted by Crippen LogP contribution is -2.18. The van der Waals surface area contributed by atoms with Crippen molar-refractivity contribution in [1.82, 2.24) is 9.88 Å². The number of nitrogens with one attached hydrogen (secondary N) is 1. The summed E-state index contributed by atoms with van der Waals surface area (Å²) in [6, 6.07) is 6.06. The lowest BCUT2D eigenvalue weighted by molar-refractivity contribution is 0.130. The second kappa shape index (κ2) is 9.52. The number of nitrogens with zero attached hydrogens (tertiary/aromatic N) is 2. The van der Waals surface area contributed by atoms with Crippen molar-refractivity contribution in [2.24, 2.45) is 0 Å². The normalized spacial score (nSPS) is 15.2. The van der Waals surface area contributed by atoms with Crippen molar-refractivity contribution in [1.29, 1.82) is 0 Å². The van der Waals surface area contributed by atoms with Gasteiger partial charge in [0.2, 0.25) is 0 Å². The Balaban J connectivity index is 1.83. The lowest BCUT2D eigenvalue weighted by atomic mass is 9.90. The second-order valence-electron chi connectivity index (χ2n) is 8.09. The van der Waals surface area contributed by atoms with Crippen LogP contribution in [-0.2, 0) is 11.3 Å². The van der Waals surface area contributed by atoms with Crippen LogP contribution in [0.15, 0.2) is 24.4 Å². The van der Waals surface area contributed by atoms with E-state index in [2.05, 4.69) is 30.4 Å². The molecule has 5 nitrogen and oxygen atoms in total. The van der Waals surface area contributed by atoms with Crippen molar-refractivity contribution >= 4 is 23.1 Å². The van der Waals surface area contributed by atoms with Gasteiger partial charge in [0, 0.05) is 24.3 Å². The molecule has 1 N–H and O–H groups in total. The summed E-state index contributed by atoms with van der Waals surface area (Å²) in [5.74, 6) is 0.622. The highest BCUT2D eigenvalue weighted by atomic mass is 32.1. The summed E-state index contributed by atoms with van der Waals surface area (Å²) in [6.07, 6.45) is 7.97. The Bertz CT molecular complexity index is 795. The van der Waals surface area contributed by atoms with Crippen molar-refractivity contribution in [3.63, 3.8) is 0 Å². The average molecular weight is 402 g/mol. The molecule has 0 spiro atoms. The Labute approximate surface area is 172 Å². The molecule has 0 unspecified atom stereocenters. The van der Waals surface area contributed by atoms with Gasteiger partial charge in [0.1, 0.15) is 0 Å². The Morgan fingerprint density at radius 2 is 2.04 bits per heavy atom. The SMILES string of the molecule is CC(C)OC(=O)Nc1ccc(-c2cnc(C3CCCCC3)s2)c(CN(C)C)c1. The van der Waals surface area contributed by atoms with Crippen molar-refractivity contribution in [3.05, 3.63) is 35.0 Å². The molecular formula is C22H31N3O2S. The van der Waals surface area contributed by atoms with Gasteiger partial charge in [0.05, 0.1) is 16.0 Å². The van der Waals surface area contributed by atoms with Gasteiger partial charge in [-0.25, -0.2) is 9.78 Å². The molecule has 1 fully saturated rings. The molecule has 1 heterocycles. The topological polar surface area (TPSA) is 54.5 Å². The number of anilines is 1. The Morgan fingerprint density at radius 1 is 1.29 bits per heavy atom. The first-order chi connectivity index (χ1) is 13.4. The first-order valence-corrected chi connectivity index (χ1v) is 11.0. The second-order valence-corrected chi connectivity index (χ2v) is 9.15. The molecule has 1 aromatic carbocycles. The minimum atomic E-state index is -0.420. The van der Waals surface area contributed by atoms with E-state index in [4.69, 9.17) is 9.72 Å². The van der Waals surface area contributed by atoms with E-state index in [1.165, 1.54) is 53.1 Å². The molecule has 1 aliphatic rings. The van der Waals surface area contributed by atoms with E-state index in [9.17, 15) is 4.79 Å². The molecule has 1 amide bonds. The standard InChI is InChI=1S/C22H31N3O2S/c1-15(2)27-22(26)24-18-10-11-19(17(12-18)14-25(3)4)20-13-23-21(28-20)16-8-6-5-7-9-16/h10-13,15-16H,5-9,14H2,1-4H3,(H,24,26). The fraction of sp³-hybridized carbons (Fsp3) is 0.545. The van der Waals surface area contributed by atoms with Gasteiger partial charge in [-0.2, -0.15) is 0 Å². The van der Waals surface area contributed by atoms with Crippen LogP contribution in [0.2, 0.25) is 0 Å². The number of hydrogen-bond donors (Lipinski definition) is 1. The number of hydrogen-bond acceptors (Lipinski definition) is 5. The zero-order valence-electron chi connectivity index (χ0n) is 17.3. The van der Waals surface area contributed by atoms with Crippen LogP contribution in [0.5, 0.6) is 0 Å². The number of amides is 1. The number of aromatic nitrogens is 1. The highest BCUT2D eigenvalue weighted by Crippen LogP contribution is 2.38. The quantitative estimate of drug-likeness (QED) is 0.657. The Morgan fingerprint density at radius 3 is 2.71 bits per heavy atom. The number of carbonyl (C=O) groups is 1. The lowest BCUT2D eigenvalue weighted by Gasteiger charge is -2.19. The van der Waals surface area contributed by atoms with E-state index in [1.54, 1.807) is 0 Å². The summed E-state index contributed by atoms with van der Waals surface area (Å²) in [7, 11) is 4.11. The van der Waals surface area contributed by atoms with Crippen LogP contribution < -0.4 is 5.32 Å². The largest absolute Gasteiger partial charge is 0.447 e. The molecule has 0 aliphatic heterocycles. The highest BCUT2D eigenvalue weighted by Gasteiger charge is 2.20. The molecule has 0 saturated heterocycles. The Kier molecular flexibility index (Phi) is 7.08. The van der Waals surface area contributed by atoms with E-state index >= 15 is 0 Å². The van der Waals surface area contributed by atoms with Crippen molar-refractivity contribution in [2.45, 2.75) is 64.5 Å². The first kappa shape index (κ1) is 20.8. The van der Waals surface area contributed by atoms with Crippen molar-refractivity contribution in [3.8, 4) is 10.4 Å². The van der Waals surface area contributed by atoms with Crippen molar-refractivity contribution in [2.75, 3.05) is 19.4 Å². The minimum Gasteiger partial charge on any atom is -0.447 e. The van der Waals surface area contributed by atoms with Crippen LogP contribution in [-0.4, -0.2) is 36.2 Å². The van der Waals surface area contributed by atoms with Gasteiger partial charge >= 0.3 is 6.09 Å². The summed E-state index contributed by atoms with van der Waals surface area (Å²) in [5, 5.41) is 4.10. The maximum atomic E-state index is 11.9. The number of rotatable bonds is 6. The van der Waals surface area contributed by atoms with Crippen LogP contribution >= 0.6 is 11.3 Å².